The molecule has 15 heavy (non-hydrogen) atoms. The van der Waals surface area contributed by atoms with Crippen molar-refractivity contribution < 1.29 is 15.0 Å². The second-order valence-electron chi connectivity index (χ2n) is 3.38. The van der Waals surface area contributed by atoms with Gasteiger partial charge in [-0.3, -0.25) is 4.79 Å². The van der Waals surface area contributed by atoms with Crippen molar-refractivity contribution in [3.63, 3.8) is 0 Å². The fourth-order valence-corrected chi connectivity index (χ4v) is 1.58. The Labute approximate surface area is 92.3 Å². The van der Waals surface area contributed by atoms with Gasteiger partial charge in [-0.25, -0.2) is 0 Å². The number of halogens is 1. The second kappa shape index (κ2) is 4.51. The predicted octanol–water partition coefficient (Wildman–Crippen LogP) is 1.31. The quantitative estimate of drug-likeness (QED) is 0.730. The number of carboxylic acid groups (broad SMARTS) is 1. The molecule has 0 bridgehead atoms. The normalized spacial score (nSPS) is 12.5. The Morgan fingerprint density at radius 1 is 1.60 bits per heavy atom. The minimum atomic E-state index is -1.10. The van der Waals surface area contributed by atoms with Gasteiger partial charge in [0.1, 0.15) is 11.8 Å². The molecule has 5 heteroatoms. The lowest BCUT2D eigenvalue weighted by Gasteiger charge is -2.10. The van der Waals surface area contributed by atoms with Crippen LogP contribution in [0.5, 0.6) is 5.75 Å². The Balaban J connectivity index is 2.99. The van der Waals surface area contributed by atoms with Gasteiger partial charge in [0.25, 0.3) is 0 Å². The number of phenolic OH excluding ortho intramolecular Hbond substituents is 1. The minimum absolute atomic E-state index is 0.0519. The number of aromatic hydroxyl groups is 1. The van der Waals surface area contributed by atoms with Crippen LogP contribution in [0, 0.1) is 6.92 Å². The van der Waals surface area contributed by atoms with Crippen molar-refractivity contribution in [1.29, 1.82) is 0 Å². The summed E-state index contributed by atoms with van der Waals surface area (Å²) in [6.07, 6.45) is 0.0581. The van der Waals surface area contributed by atoms with E-state index in [-0.39, 0.29) is 12.2 Å². The zero-order valence-corrected chi connectivity index (χ0v) is 8.95. The molecule has 0 aliphatic carbocycles. The van der Waals surface area contributed by atoms with Gasteiger partial charge < -0.3 is 15.9 Å². The third kappa shape index (κ3) is 2.84. The number of carbonyl (C=O) groups is 1. The van der Waals surface area contributed by atoms with Gasteiger partial charge >= 0.3 is 5.97 Å². The first kappa shape index (κ1) is 11.8. The molecular formula is C10H12ClNO3. The number of phenols is 1. The summed E-state index contributed by atoms with van der Waals surface area (Å²) in [5.41, 5.74) is 6.42. The summed E-state index contributed by atoms with van der Waals surface area (Å²) in [6.45, 7) is 1.69. The number of hydrogen-bond donors (Lipinski definition) is 3. The van der Waals surface area contributed by atoms with Gasteiger partial charge in [-0.05, 0) is 30.2 Å². The van der Waals surface area contributed by atoms with Gasteiger partial charge in [-0.15, -0.1) is 0 Å². The van der Waals surface area contributed by atoms with Crippen LogP contribution in [0.15, 0.2) is 12.1 Å². The Bertz CT molecular complexity index is 392. The number of aliphatic carboxylic acids is 1. The molecule has 0 saturated heterocycles. The SMILES string of the molecule is Cc1cc(Cl)cc(CC(N)C(=O)O)c1O. The Morgan fingerprint density at radius 3 is 2.73 bits per heavy atom. The molecule has 0 heterocycles. The molecule has 4 N–H and O–H groups in total. The number of rotatable bonds is 3. The number of nitrogens with two attached hydrogens (primary N) is 1. The van der Waals surface area contributed by atoms with E-state index in [1.165, 1.54) is 6.07 Å². The summed E-state index contributed by atoms with van der Waals surface area (Å²) in [5, 5.41) is 18.7. The molecule has 1 aromatic rings. The topological polar surface area (TPSA) is 83.6 Å². The Morgan fingerprint density at radius 2 is 2.20 bits per heavy atom. The number of hydrogen-bond acceptors (Lipinski definition) is 3. The van der Waals surface area contributed by atoms with Crippen molar-refractivity contribution >= 4 is 17.6 Å². The van der Waals surface area contributed by atoms with E-state index in [4.69, 9.17) is 22.4 Å². The van der Waals surface area contributed by atoms with E-state index in [0.29, 0.717) is 16.1 Å². The maximum absolute atomic E-state index is 10.5. The summed E-state index contributed by atoms with van der Waals surface area (Å²) in [6, 6.07) is 2.09. The molecule has 82 valence electrons. The van der Waals surface area contributed by atoms with Crippen LogP contribution in [0.1, 0.15) is 11.1 Å². The highest BCUT2D eigenvalue weighted by Crippen LogP contribution is 2.27. The van der Waals surface area contributed by atoms with E-state index in [1.54, 1.807) is 13.0 Å². The second-order valence-corrected chi connectivity index (χ2v) is 3.82. The zero-order chi connectivity index (χ0) is 11.6. The van der Waals surface area contributed by atoms with Gasteiger partial charge in [0.05, 0.1) is 0 Å². The van der Waals surface area contributed by atoms with E-state index in [0.717, 1.165) is 0 Å². The van der Waals surface area contributed by atoms with Crippen molar-refractivity contribution in [3.05, 3.63) is 28.3 Å². The average molecular weight is 230 g/mol. The fourth-order valence-electron chi connectivity index (χ4n) is 1.28. The molecule has 1 aromatic carbocycles. The summed E-state index contributed by atoms with van der Waals surface area (Å²) in [7, 11) is 0. The van der Waals surface area contributed by atoms with E-state index >= 15 is 0 Å². The van der Waals surface area contributed by atoms with Crippen molar-refractivity contribution in [1.82, 2.24) is 0 Å². The zero-order valence-electron chi connectivity index (χ0n) is 8.20. The molecule has 0 aliphatic heterocycles. The molecule has 4 nitrogen and oxygen atoms in total. The van der Waals surface area contributed by atoms with Gasteiger partial charge in [0.15, 0.2) is 0 Å². The van der Waals surface area contributed by atoms with Crippen molar-refractivity contribution in [3.8, 4) is 5.75 Å². The number of aryl methyl sites for hydroxylation is 1. The van der Waals surface area contributed by atoms with Gasteiger partial charge in [0, 0.05) is 11.4 Å². The van der Waals surface area contributed by atoms with E-state index in [2.05, 4.69) is 0 Å². The molecular weight excluding hydrogens is 218 g/mol. The third-order valence-electron chi connectivity index (χ3n) is 2.10. The van der Waals surface area contributed by atoms with Crippen LogP contribution in [0.2, 0.25) is 5.02 Å². The highest BCUT2D eigenvalue weighted by atomic mass is 35.5. The fraction of sp³-hybridized carbons (Fsp3) is 0.300. The van der Waals surface area contributed by atoms with Crippen LogP contribution in [0.4, 0.5) is 0 Å². The molecule has 0 fully saturated rings. The van der Waals surface area contributed by atoms with Crippen LogP contribution < -0.4 is 5.73 Å². The first-order valence-electron chi connectivity index (χ1n) is 4.38. The Hall–Kier alpha value is -1.26. The largest absolute Gasteiger partial charge is 0.507 e. The standard InChI is InChI=1S/C10H12ClNO3/c1-5-2-7(11)3-6(9(5)13)4-8(12)10(14)15/h2-3,8,13H,4,12H2,1H3,(H,14,15). The molecule has 1 rings (SSSR count). The molecule has 1 unspecified atom stereocenters. The van der Waals surface area contributed by atoms with E-state index < -0.39 is 12.0 Å². The summed E-state index contributed by atoms with van der Waals surface area (Å²) >= 11 is 5.79. The predicted molar refractivity (Wildman–Crippen MR) is 57.2 cm³/mol. The lowest BCUT2D eigenvalue weighted by Crippen LogP contribution is -2.32. The van der Waals surface area contributed by atoms with Crippen molar-refractivity contribution in [2.45, 2.75) is 19.4 Å². The maximum atomic E-state index is 10.5. The lowest BCUT2D eigenvalue weighted by atomic mass is 10.0. The van der Waals surface area contributed by atoms with E-state index in [9.17, 15) is 9.90 Å². The highest BCUT2D eigenvalue weighted by Gasteiger charge is 2.15. The van der Waals surface area contributed by atoms with Crippen LogP contribution >= 0.6 is 11.6 Å². The van der Waals surface area contributed by atoms with Crippen LogP contribution in [-0.4, -0.2) is 22.2 Å². The minimum Gasteiger partial charge on any atom is -0.507 e. The van der Waals surface area contributed by atoms with Crippen LogP contribution in [-0.2, 0) is 11.2 Å². The number of benzene rings is 1. The molecule has 0 amide bonds. The van der Waals surface area contributed by atoms with Crippen LogP contribution in [0.25, 0.3) is 0 Å². The van der Waals surface area contributed by atoms with Crippen LogP contribution in [0.3, 0.4) is 0 Å². The lowest BCUT2D eigenvalue weighted by molar-refractivity contribution is -0.138. The monoisotopic (exact) mass is 229 g/mol. The average Bonchev–Trinajstić information content (AvgIpc) is 2.13. The summed E-state index contributed by atoms with van der Waals surface area (Å²) in [4.78, 5) is 10.5. The molecule has 0 aromatic heterocycles. The molecule has 0 spiro atoms. The molecule has 1 atom stereocenters. The maximum Gasteiger partial charge on any atom is 0.320 e. The highest BCUT2D eigenvalue weighted by molar-refractivity contribution is 6.30. The summed E-state index contributed by atoms with van der Waals surface area (Å²) < 4.78 is 0. The molecule has 0 radical (unpaired) electrons. The van der Waals surface area contributed by atoms with Gasteiger partial charge in [0.2, 0.25) is 0 Å². The third-order valence-corrected chi connectivity index (χ3v) is 2.32. The first-order valence-corrected chi connectivity index (χ1v) is 4.76. The smallest absolute Gasteiger partial charge is 0.320 e. The number of carboxylic acids is 1. The Kier molecular flexibility index (Phi) is 3.55. The van der Waals surface area contributed by atoms with E-state index in [1.807, 2.05) is 0 Å². The summed E-state index contributed by atoms with van der Waals surface area (Å²) in [5.74, 6) is -1.05. The first-order chi connectivity index (χ1) is 6.91. The molecule has 0 saturated carbocycles. The van der Waals surface area contributed by atoms with Gasteiger partial charge in [-0.2, -0.15) is 0 Å². The van der Waals surface area contributed by atoms with Crippen molar-refractivity contribution in [2.75, 3.05) is 0 Å². The van der Waals surface area contributed by atoms with Crippen molar-refractivity contribution in [2.24, 2.45) is 5.73 Å². The molecule has 0 aliphatic rings. The van der Waals surface area contributed by atoms with Gasteiger partial charge in [-0.1, -0.05) is 11.6 Å².